The van der Waals surface area contributed by atoms with Crippen molar-refractivity contribution in [3.8, 4) is 5.75 Å². The van der Waals surface area contributed by atoms with E-state index in [1.807, 2.05) is 0 Å². The van der Waals surface area contributed by atoms with Crippen LogP contribution in [-0.4, -0.2) is 32.9 Å². The molecular formula is C23H15F3N4O4S2. The van der Waals surface area contributed by atoms with Crippen LogP contribution < -0.4 is 5.32 Å². The molecule has 4 aromatic rings. The molecule has 0 radical (unpaired) electrons. The third-order valence-corrected chi connectivity index (χ3v) is 6.87. The molecular weight excluding hydrogens is 517 g/mol. The average molecular weight is 533 g/mol. The van der Waals surface area contributed by atoms with Crippen molar-refractivity contribution < 1.29 is 28.0 Å². The minimum Gasteiger partial charge on any atom is -0.502 e. The van der Waals surface area contributed by atoms with Gasteiger partial charge in [-0.3, -0.25) is 19.9 Å². The highest BCUT2D eigenvalue weighted by atomic mass is 32.2. The number of nitrogens with zero attached hydrogens (tertiary/aromatic N) is 3. The number of rotatable bonds is 7. The van der Waals surface area contributed by atoms with Crippen molar-refractivity contribution in [3.05, 3.63) is 81.9 Å². The van der Waals surface area contributed by atoms with Gasteiger partial charge in [0, 0.05) is 18.0 Å². The van der Waals surface area contributed by atoms with Gasteiger partial charge in [-0.05, 0) is 54.1 Å². The minimum atomic E-state index is -4.50. The Kier molecular flexibility index (Phi) is 7.22. The van der Waals surface area contributed by atoms with E-state index >= 15 is 0 Å². The summed E-state index contributed by atoms with van der Waals surface area (Å²) in [6, 6.07) is 13.6. The van der Waals surface area contributed by atoms with Crippen molar-refractivity contribution in [1.29, 1.82) is 0 Å². The standard InChI is InChI=1S/C23H15F3N4O4S2/c24-23(25,26)14-2-1-3-16(9-14)28-21(32)12-35-22-29-17-6-5-15(10-20(17)36-22)27-11-13-4-7-19(31)18(8-13)30(33)34/h1-11,31H,12H2,(H,28,32). The summed E-state index contributed by atoms with van der Waals surface area (Å²) in [5, 5.41) is 23.0. The van der Waals surface area contributed by atoms with Gasteiger partial charge >= 0.3 is 11.9 Å². The van der Waals surface area contributed by atoms with Gasteiger partial charge in [-0.1, -0.05) is 17.8 Å². The molecule has 0 saturated carbocycles. The predicted octanol–water partition coefficient (Wildman–Crippen LogP) is 6.41. The first-order chi connectivity index (χ1) is 17.1. The normalized spacial score (nSPS) is 11.8. The fourth-order valence-corrected chi connectivity index (χ4v) is 4.95. The Labute approximate surface area is 209 Å². The summed E-state index contributed by atoms with van der Waals surface area (Å²) in [5.41, 5.74) is 0.477. The Bertz CT molecular complexity index is 1490. The number of phenols is 1. The highest BCUT2D eigenvalue weighted by molar-refractivity contribution is 8.01. The van der Waals surface area contributed by atoms with Crippen LogP contribution in [0.4, 0.5) is 30.2 Å². The van der Waals surface area contributed by atoms with E-state index < -0.39 is 34.0 Å². The molecule has 0 unspecified atom stereocenters. The van der Waals surface area contributed by atoms with E-state index in [4.69, 9.17) is 0 Å². The van der Waals surface area contributed by atoms with Crippen LogP contribution >= 0.6 is 23.1 Å². The lowest BCUT2D eigenvalue weighted by Crippen LogP contribution is -2.14. The van der Waals surface area contributed by atoms with Crippen LogP contribution in [0.5, 0.6) is 5.75 Å². The second-order valence-electron chi connectivity index (χ2n) is 7.31. The molecule has 3 aromatic carbocycles. The zero-order valence-electron chi connectivity index (χ0n) is 18.0. The lowest BCUT2D eigenvalue weighted by molar-refractivity contribution is -0.385. The number of carbonyl (C=O) groups excluding carboxylic acids is 1. The smallest absolute Gasteiger partial charge is 0.416 e. The maximum Gasteiger partial charge on any atom is 0.416 e. The van der Waals surface area contributed by atoms with Gasteiger partial charge in [-0.15, -0.1) is 11.3 Å². The summed E-state index contributed by atoms with van der Waals surface area (Å²) in [7, 11) is 0. The summed E-state index contributed by atoms with van der Waals surface area (Å²) in [6.45, 7) is 0. The molecule has 0 bridgehead atoms. The van der Waals surface area contributed by atoms with Crippen molar-refractivity contribution in [2.24, 2.45) is 4.99 Å². The van der Waals surface area contributed by atoms with Crippen LogP contribution in [0.1, 0.15) is 11.1 Å². The molecule has 0 atom stereocenters. The molecule has 0 aliphatic heterocycles. The number of anilines is 1. The van der Waals surface area contributed by atoms with Gasteiger partial charge < -0.3 is 10.4 Å². The van der Waals surface area contributed by atoms with Gasteiger partial charge in [0.2, 0.25) is 5.91 Å². The summed E-state index contributed by atoms with van der Waals surface area (Å²) >= 11 is 2.47. The number of hydrogen-bond acceptors (Lipinski definition) is 8. The summed E-state index contributed by atoms with van der Waals surface area (Å²) < 4.78 is 39.9. The number of thiazole rings is 1. The SMILES string of the molecule is O=C(CSc1nc2ccc(N=Cc3ccc(O)c([N+](=O)[O-])c3)cc2s1)Nc1cccc(C(F)(F)F)c1. The van der Waals surface area contributed by atoms with Crippen LogP contribution in [0.25, 0.3) is 10.2 Å². The van der Waals surface area contributed by atoms with Crippen LogP contribution in [0.3, 0.4) is 0 Å². The molecule has 36 heavy (non-hydrogen) atoms. The van der Waals surface area contributed by atoms with E-state index in [-0.39, 0.29) is 11.4 Å². The summed E-state index contributed by atoms with van der Waals surface area (Å²) in [6.07, 6.45) is -3.07. The van der Waals surface area contributed by atoms with E-state index in [0.717, 1.165) is 28.6 Å². The second kappa shape index (κ2) is 10.3. The molecule has 0 aliphatic carbocycles. The maximum atomic E-state index is 12.8. The molecule has 2 N–H and O–H groups in total. The van der Waals surface area contributed by atoms with Gasteiger partial charge in [0.1, 0.15) is 0 Å². The minimum absolute atomic E-state index is 0.0410. The fourth-order valence-electron chi connectivity index (χ4n) is 3.05. The second-order valence-corrected chi connectivity index (χ2v) is 9.56. The molecule has 0 aliphatic rings. The number of nitro benzene ring substituents is 1. The van der Waals surface area contributed by atoms with Gasteiger partial charge in [-0.2, -0.15) is 13.2 Å². The van der Waals surface area contributed by atoms with Gasteiger partial charge in [0.05, 0.1) is 32.1 Å². The van der Waals surface area contributed by atoms with Crippen LogP contribution in [0.15, 0.2) is 70.0 Å². The number of nitro groups is 1. The van der Waals surface area contributed by atoms with Crippen molar-refractivity contribution in [1.82, 2.24) is 4.98 Å². The first kappa shape index (κ1) is 25.1. The molecule has 13 heteroatoms. The third-order valence-electron chi connectivity index (χ3n) is 4.71. The molecule has 4 rings (SSSR count). The number of halogens is 3. The highest BCUT2D eigenvalue weighted by Gasteiger charge is 2.30. The summed E-state index contributed by atoms with van der Waals surface area (Å²) in [4.78, 5) is 31.2. The Morgan fingerprint density at radius 2 is 2.00 bits per heavy atom. The third kappa shape index (κ3) is 6.17. The number of nitrogens with one attached hydrogen (secondary N) is 1. The number of thioether (sulfide) groups is 1. The maximum absolute atomic E-state index is 12.8. The molecule has 1 heterocycles. The number of aromatic hydroxyl groups is 1. The largest absolute Gasteiger partial charge is 0.502 e. The van der Waals surface area contributed by atoms with Gasteiger partial charge in [-0.25, -0.2) is 4.98 Å². The molecule has 0 fully saturated rings. The Morgan fingerprint density at radius 3 is 2.75 bits per heavy atom. The van der Waals surface area contributed by atoms with Crippen LogP contribution in [0.2, 0.25) is 0 Å². The molecule has 0 saturated heterocycles. The lowest BCUT2D eigenvalue weighted by atomic mass is 10.2. The number of hydrogen-bond donors (Lipinski definition) is 2. The van der Waals surface area contributed by atoms with E-state index in [9.17, 15) is 33.2 Å². The first-order valence-electron chi connectivity index (χ1n) is 10.1. The molecule has 0 spiro atoms. The zero-order valence-corrected chi connectivity index (χ0v) is 19.7. The van der Waals surface area contributed by atoms with Crippen molar-refractivity contribution >= 4 is 62.5 Å². The Hall–Kier alpha value is -3.97. The number of amides is 1. The quantitative estimate of drug-likeness (QED) is 0.123. The van der Waals surface area contributed by atoms with Gasteiger partial charge in [0.15, 0.2) is 10.1 Å². The monoisotopic (exact) mass is 532 g/mol. The number of aromatic nitrogens is 1. The number of alkyl halides is 3. The van der Waals surface area contributed by atoms with E-state index in [1.54, 1.807) is 18.2 Å². The van der Waals surface area contributed by atoms with E-state index in [1.165, 1.54) is 47.9 Å². The van der Waals surface area contributed by atoms with Gasteiger partial charge in [0.25, 0.3) is 0 Å². The molecule has 8 nitrogen and oxygen atoms in total. The van der Waals surface area contributed by atoms with Crippen molar-refractivity contribution in [2.45, 2.75) is 10.5 Å². The van der Waals surface area contributed by atoms with Crippen LogP contribution in [-0.2, 0) is 11.0 Å². The van der Waals surface area contributed by atoms with E-state index in [2.05, 4.69) is 15.3 Å². The molecule has 184 valence electrons. The molecule has 1 amide bonds. The number of aliphatic imine (C=N–C) groups is 1. The molecule has 1 aromatic heterocycles. The van der Waals surface area contributed by atoms with E-state index in [0.29, 0.717) is 21.1 Å². The zero-order chi connectivity index (χ0) is 25.9. The first-order valence-corrected chi connectivity index (χ1v) is 11.9. The van der Waals surface area contributed by atoms with Crippen molar-refractivity contribution in [3.63, 3.8) is 0 Å². The highest BCUT2D eigenvalue weighted by Crippen LogP contribution is 2.33. The topological polar surface area (TPSA) is 118 Å². The Morgan fingerprint density at radius 1 is 1.19 bits per heavy atom. The average Bonchev–Trinajstić information content (AvgIpc) is 3.24. The number of fused-ring (bicyclic) bond motifs is 1. The lowest BCUT2D eigenvalue weighted by Gasteiger charge is -2.09. The van der Waals surface area contributed by atoms with Crippen LogP contribution in [0, 0.1) is 10.1 Å². The fraction of sp³-hybridized carbons (Fsp3) is 0.0870. The number of carbonyl (C=O) groups is 1. The predicted molar refractivity (Wildman–Crippen MR) is 132 cm³/mol. The number of benzene rings is 3. The Balaban J connectivity index is 1.40. The van der Waals surface area contributed by atoms with Crippen molar-refractivity contribution in [2.75, 3.05) is 11.1 Å². The summed E-state index contributed by atoms with van der Waals surface area (Å²) in [5.74, 6) is -0.940. The number of phenolic OH excluding ortho intramolecular Hbond substituents is 1.